The number of amides is 1. The van der Waals surface area contributed by atoms with E-state index in [9.17, 15) is 9.59 Å². The van der Waals surface area contributed by atoms with Gasteiger partial charge >= 0.3 is 5.97 Å². The summed E-state index contributed by atoms with van der Waals surface area (Å²) >= 11 is 0. The van der Waals surface area contributed by atoms with Crippen LogP contribution < -0.4 is 10.2 Å². The topological polar surface area (TPSA) is 84.4 Å². The Bertz CT molecular complexity index is 798. The van der Waals surface area contributed by atoms with Crippen LogP contribution in [0, 0.1) is 5.92 Å². The highest BCUT2D eigenvalue weighted by Crippen LogP contribution is 2.23. The lowest BCUT2D eigenvalue weighted by molar-refractivity contribution is -0.148. The standard InChI is InChI=1S/C22H28N4O3/c1-16(2)29-21(27)13-19(17-7-4-3-5-8-17)25-22(28)18-9-6-12-26(15-18)20-14-23-10-11-24-20/h3-5,7-8,10-11,14,16,18-19H,6,9,12-13,15H2,1-2H3,(H,25,28). The van der Waals surface area contributed by atoms with Crippen LogP contribution in [0.2, 0.25) is 0 Å². The molecule has 1 saturated heterocycles. The van der Waals surface area contributed by atoms with Gasteiger partial charge in [0.25, 0.3) is 0 Å². The third kappa shape index (κ3) is 6.01. The molecule has 1 aliphatic heterocycles. The van der Waals surface area contributed by atoms with Crippen molar-refractivity contribution < 1.29 is 14.3 Å². The molecule has 1 N–H and O–H groups in total. The molecule has 1 aromatic carbocycles. The molecule has 2 atom stereocenters. The molecule has 1 aliphatic rings. The number of ether oxygens (including phenoxy) is 1. The molecule has 0 saturated carbocycles. The Hall–Kier alpha value is -2.96. The lowest BCUT2D eigenvalue weighted by atomic mass is 9.95. The van der Waals surface area contributed by atoms with E-state index in [-0.39, 0.29) is 30.3 Å². The van der Waals surface area contributed by atoms with E-state index in [0.717, 1.165) is 30.8 Å². The maximum absolute atomic E-state index is 13.0. The normalized spacial score (nSPS) is 17.6. The maximum atomic E-state index is 13.0. The quantitative estimate of drug-likeness (QED) is 0.725. The highest BCUT2D eigenvalue weighted by molar-refractivity contribution is 5.81. The van der Waals surface area contributed by atoms with Gasteiger partial charge in [-0.25, -0.2) is 4.98 Å². The number of esters is 1. The van der Waals surface area contributed by atoms with Crippen molar-refractivity contribution in [2.45, 2.75) is 45.3 Å². The Labute approximate surface area is 171 Å². The summed E-state index contributed by atoms with van der Waals surface area (Å²) in [4.78, 5) is 35.8. The summed E-state index contributed by atoms with van der Waals surface area (Å²) in [6.07, 6.45) is 6.64. The molecule has 0 aliphatic carbocycles. The first-order valence-electron chi connectivity index (χ1n) is 10.1. The lowest BCUT2D eigenvalue weighted by Crippen LogP contribution is -2.44. The molecule has 0 radical (unpaired) electrons. The van der Waals surface area contributed by atoms with E-state index in [2.05, 4.69) is 20.2 Å². The number of anilines is 1. The van der Waals surface area contributed by atoms with Gasteiger partial charge in [-0.05, 0) is 32.3 Å². The third-order valence-corrected chi connectivity index (χ3v) is 4.92. The van der Waals surface area contributed by atoms with Gasteiger partial charge in [0.05, 0.1) is 30.7 Å². The number of rotatable bonds is 7. The number of carbonyl (C=O) groups is 2. The fourth-order valence-electron chi connectivity index (χ4n) is 3.56. The van der Waals surface area contributed by atoms with Crippen LogP contribution in [-0.2, 0) is 14.3 Å². The predicted octanol–water partition coefficient (Wildman–Crippen LogP) is 2.89. The fourth-order valence-corrected chi connectivity index (χ4v) is 3.56. The molecule has 2 aromatic rings. The van der Waals surface area contributed by atoms with Crippen LogP contribution in [0.3, 0.4) is 0 Å². The molecule has 3 rings (SSSR count). The second kappa shape index (κ2) is 10.0. The second-order valence-electron chi connectivity index (χ2n) is 7.56. The van der Waals surface area contributed by atoms with Crippen molar-refractivity contribution in [2.75, 3.05) is 18.0 Å². The highest BCUT2D eigenvalue weighted by atomic mass is 16.5. The van der Waals surface area contributed by atoms with Crippen molar-refractivity contribution in [1.29, 1.82) is 0 Å². The van der Waals surface area contributed by atoms with E-state index in [4.69, 9.17) is 4.74 Å². The fraction of sp³-hybridized carbons (Fsp3) is 0.455. The smallest absolute Gasteiger partial charge is 0.308 e. The average Bonchev–Trinajstić information content (AvgIpc) is 2.74. The monoisotopic (exact) mass is 396 g/mol. The number of benzene rings is 1. The number of nitrogens with one attached hydrogen (secondary N) is 1. The molecular formula is C22H28N4O3. The van der Waals surface area contributed by atoms with Gasteiger partial charge in [-0.15, -0.1) is 0 Å². The molecule has 0 bridgehead atoms. The van der Waals surface area contributed by atoms with Gasteiger partial charge in [-0.1, -0.05) is 30.3 Å². The Balaban J connectivity index is 1.68. The summed E-state index contributed by atoms with van der Waals surface area (Å²) in [5, 5.41) is 3.08. The van der Waals surface area contributed by atoms with E-state index in [1.165, 1.54) is 0 Å². The molecule has 29 heavy (non-hydrogen) atoms. The third-order valence-electron chi connectivity index (χ3n) is 4.92. The summed E-state index contributed by atoms with van der Waals surface area (Å²) < 4.78 is 5.29. The summed E-state index contributed by atoms with van der Waals surface area (Å²) in [5.74, 6) is 0.243. The first kappa shape index (κ1) is 20.8. The van der Waals surface area contributed by atoms with E-state index < -0.39 is 6.04 Å². The summed E-state index contributed by atoms with van der Waals surface area (Å²) in [6, 6.07) is 9.13. The molecule has 0 spiro atoms. The maximum Gasteiger partial charge on any atom is 0.308 e. The van der Waals surface area contributed by atoms with Crippen molar-refractivity contribution in [3.8, 4) is 0 Å². The van der Waals surface area contributed by atoms with E-state index in [1.807, 2.05) is 44.2 Å². The van der Waals surface area contributed by atoms with Crippen LogP contribution in [-0.4, -0.2) is 41.0 Å². The summed E-state index contributed by atoms with van der Waals surface area (Å²) in [6.45, 7) is 5.07. The number of hydrogen-bond donors (Lipinski definition) is 1. The minimum absolute atomic E-state index is 0.0511. The largest absolute Gasteiger partial charge is 0.463 e. The van der Waals surface area contributed by atoms with Crippen molar-refractivity contribution in [2.24, 2.45) is 5.92 Å². The van der Waals surface area contributed by atoms with Crippen molar-refractivity contribution in [1.82, 2.24) is 15.3 Å². The number of piperidine rings is 1. The van der Waals surface area contributed by atoms with Gasteiger partial charge in [-0.3, -0.25) is 14.6 Å². The molecule has 1 amide bonds. The van der Waals surface area contributed by atoms with E-state index in [0.29, 0.717) is 6.54 Å². The molecule has 7 nitrogen and oxygen atoms in total. The highest BCUT2D eigenvalue weighted by Gasteiger charge is 2.29. The van der Waals surface area contributed by atoms with Crippen molar-refractivity contribution in [3.63, 3.8) is 0 Å². The zero-order chi connectivity index (χ0) is 20.6. The summed E-state index contributed by atoms with van der Waals surface area (Å²) in [7, 11) is 0. The first-order chi connectivity index (χ1) is 14.0. The van der Waals surface area contributed by atoms with Gasteiger partial charge in [-0.2, -0.15) is 0 Å². The Morgan fingerprint density at radius 1 is 1.24 bits per heavy atom. The Morgan fingerprint density at radius 3 is 2.72 bits per heavy atom. The minimum Gasteiger partial charge on any atom is -0.463 e. The van der Waals surface area contributed by atoms with Gasteiger partial charge in [0.15, 0.2) is 0 Å². The van der Waals surface area contributed by atoms with Gasteiger partial charge in [0.2, 0.25) is 5.91 Å². The zero-order valence-electron chi connectivity index (χ0n) is 17.0. The number of nitrogens with zero attached hydrogens (tertiary/aromatic N) is 3. The molecule has 1 fully saturated rings. The van der Waals surface area contributed by atoms with Crippen LogP contribution >= 0.6 is 0 Å². The second-order valence-corrected chi connectivity index (χ2v) is 7.56. The number of aromatic nitrogens is 2. The lowest BCUT2D eigenvalue weighted by Gasteiger charge is -2.33. The molecule has 2 unspecified atom stereocenters. The molecule has 7 heteroatoms. The molecule has 154 valence electrons. The molecule has 1 aromatic heterocycles. The van der Waals surface area contributed by atoms with Gasteiger partial charge in [0.1, 0.15) is 5.82 Å². The van der Waals surface area contributed by atoms with Crippen LogP contribution in [0.5, 0.6) is 0 Å². The average molecular weight is 396 g/mol. The Morgan fingerprint density at radius 2 is 2.03 bits per heavy atom. The number of carbonyl (C=O) groups excluding carboxylic acids is 2. The zero-order valence-corrected chi connectivity index (χ0v) is 17.0. The minimum atomic E-state index is -0.415. The first-order valence-corrected chi connectivity index (χ1v) is 10.1. The van der Waals surface area contributed by atoms with Crippen molar-refractivity contribution in [3.05, 3.63) is 54.5 Å². The SMILES string of the molecule is CC(C)OC(=O)CC(NC(=O)C1CCCN(c2cnccn2)C1)c1ccccc1. The number of hydrogen-bond acceptors (Lipinski definition) is 6. The van der Waals surface area contributed by atoms with Gasteiger partial charge < -0.3 is 15.0 Å². The van der Waals surface area contributed by atoms with Crippen LogP contribution in [0.4, 0.5) is 5.82 Å². The Kier molecular flexibility index (Phi) is 7.16. The van der Waals surface area contributed by atoms with E-state index >= 15 is 0 Å². The van der Waals surface area contributed by atoms with Crippen LogP contribution in [0.1, 0.15) is 44.7 Å². The van der Waals surface area contributed by atoms with Crippen LogP contribution in [0.25, 0.3) is 0 Å². The molecule has 2 heterocycles. The van der Waals surface area contributed by atoms with E-state index in [1.54, 1.807) is 18.6 Å². The summed E-state index contributed by atoms with van der Waals surface area (Å²) in [5.41, 5.74) is 0.892. The predicted molar refractivity (Wildman–Crippen MR) is 110 cm³/mol. The van der Waals surface area contributed by atoms with Crippen LogP contribution in [0.15, 0.2) is 48.9 Å². The van der Waals surface area contributed by atoms with Crippen molar-refractivity contribution >= 4 is 17.7 Å². The molecular weight excluding hydrogens is 368 g/mol. The van der Waals surface area contributed by atoms with Gasteiger partial charge in [0, 0.05) is 25.5 Å².